The van der Waals surface area contributed by atoms with Crippen LogP contribution in [0.15, 0.2) is 23.1 Å². The third-order valence-corrected chi connectivity index (χ3v) is 4.14. The van der Waals surface area contributed by atoms with Gasteiger partial charge in [-0.3, -0.25) is 0 Å². The Hall–Kier alpha value is -0.650. The quantitative estimate of drug-likeness (QED) is 0.662. The molecule has 0 unspecified atom stereocenters. The van der Waals surface area contributed by atoms with Crippen LogP contribution in [0.2, 0.25) is 0 Å². The fourth-order valence-electron chi connectivity index (χ4n) is 1.21. The Morgan fingerprint density at radius 1 is 1.50 bits per heavy atom. The van der Waals surface area contributed by atoms with Crippen molar-refractivity contribution in [1.29, 1.82) is 5.26 Å². The molecule has 0 aliphatic heterocycles. The van der Waals surface area contributed by atoms with Gasteiger partial charge in [-0.2, -0.15) is 5.26 Å². The Morgan fingerprint density at radius 3 is 2.75 bits per heavy atom. The first kappa shape index (κ1) is 13.4. The van der Waals surface area contributed by atoms with Crippen LogP contribution in [-0.2, 0) is 10.0 Å². The number of rotatable bonds is 4. The number of halogens is 1. The first-order chi connectivity index (χ1) is 7.51. The van der Waals surface area contributed by atoms with Gasteiger partial charge in [0.2, 0.25) is 10.0 Å². The summed E-state index contributed by atoms with van der Waals surface area (Å²) in [5.74, 6) is 0. The lowest BCUT2D eigenvalue weighted by Gasteiger charge is -2.08. The highest BCUT2D eigenvalue weighted by atomic mass is 127. The SMILES string of the molecule is Cc1ccc(C#N)cc1S(=O)(=O)NCCI. The highest BCUT2D eigenvalue weighted by Crippen LogP contribution is 2.16. The second kappa shape index (κ2) is 5.61. The molecule has 1 aromatic rings. The number of aryl methyl sites for hydroxylation is 1. The topological polar surface area (TPSA) is 70.0 Å². The number of hydrogen-bond acceptors (Lipinski definition) is 3. The zero-order valence-corrected chi connectivity index (χ0v) is 11.7. The summed E-state index contributed by atoms with van der Waals surface area (Å²) in [7, 11) is -3.49. The fraction of sp³-hybridized carbons (Fsp3) is 0.300. The maximum absolute atomic E-state index is 11.9. The molecule has 0 aromatic heterocycles. The van der Waals surface area contributed by atoms with Crippen molar-refractivity contribution in [3.8, 4) is 6.07 Å². The third kappa shape index (κ3) is 3.17. The van der Waals surface area contributed by atoms with Gasteiger partial charge in [0, 0.05) is 11.0 Å². The minimum Gasteiger partial charge on any atom is -0.210 e. The second-order valence-electron chi connectivity index (χ2n) is 3.18. The van der Waals surface area contributed by atoms with E-state index in [2.05, 4.69) is 27.3 Å². The van der Waals surface area contributed by atoms with E-state index in [9.17, 15) is 8.42 Å². The van der Waals surface area contributed by atoms with Gasteiger partial charge >= 0.3 is 0 Å². The van der Waals surface area contributed by atoms with Crippen LogP contribution in [0.1, 0.15) is 11.1 Å². The van der Waals surface area contributed by atoms with Crippen LogP contribution in [0.4, 0.5) is 0 Å². The largest absolute Gasteiger partial charge is 0.240 e. The lowest BCUT2D eigenvalue weighted by molar-refractivity contribution is 0.584. The molecule has 0 atom stereocenters. The van der Waals surface area contributed by atoms with E-state index in [1.165, 1.54) is 6.07 Å². The van der Waals surface area contributed by atoms with Crippen LogP contribution in [0.5, 0.6) is 0 Å². The molecular weight excluding hydrogens is 339 g/mol. The van der Waals surface area contributed by atoms with E-state index in [0.29, 0.717) is 22.1 Å². The number of sulfonamides is 1. The summed E-state index contributed by atoms with van der Waals surface area (Å²) < 4.78 is 26.9. The Kier molecular flexibility index (Phi) is 4.70. The Morgan fingerprint density at radius 2 is 2.19 bits per heavy atom. The van der Waals surface area contributed by atoms with E-state index in [1.807, 2.05) is 6.07 Å². The van der Waals surface area contributed by atoms with E-state index < -0.39 is 10.0 Å². The molecule has 0 saturated heterocycles. The molecule has 16 heavy (non-hydrogen) atoms. The van der Waals surface area contributed by atoms with Crippen molar-refractivity contribution < 1.29 is 8.42 Å². The molecule has 6 heteroatoms. The van der Waals surface area contributed by atoms with E-state index in [4.69, 9.17) is 5.26 Å². The van der Waals surface area contributed by atoms with Crippen LogP contribution in [0.25, 0.3) is 0 Å². The molecule has 0 aliphatic rings. The van der Waals surface area contributed by atoms with E-state index in [0.717, 1.165) is 0 Å². The van der Waals surface area contributed by atoms with Crippen molar-refractivity contribution in [2.75, 3.05) is 11.0 Å². The predicted octanol–water partition coefficient (Wildman–Crippen LogP) is 1.58. The molecule has 0 heterocycles. The summed E-state index contributed by atoms with van der Waals surface area (Å²) in [6, 6.07) is 6.56. The van der Waals surface area contributed by atoms with Gasteiger partial charge in [0.15, 0.2) is 0 Å². The zero-order chi connectivity index (χ0) is 12.2. The standard InChI is InChI=1S/C10H11IN2O2S/c1-8-2-3-9(7-12)6-10(8)16(14,15)13-5-4-11/h2-3,6,13H,4-5H2,1H3. The van der Waals surface area contributed by atoms with E-state index >= 15 is 0 Å². The minimum atomic E-state index is -3.49. The van der Waals surface area contributed by atoms with Gasteiger partial charge in [-0.25, -0.2) is 13.1 Å². The number of hydrogen-bond donors (Lipinski definition) is 1. The number of nitrogens with zero attached hydrogens (tertiary/aromatic N) is 1. The normalized spacial score (nSPS) is 11.1. The first-order valence-electron chi connectivity index (χ1n) is 4.57. The minimum absolute atomic E-state index is 0.177. The number of nitriles is 1. The molecule has 4 nitrogen and oxygen atoms in total. The first-order valence-corrected chi connectivity index (χ1v) is 7.58. The van der Waals surface area contributed by atoms with Crippen molar-refractivity contribution in [3.05, 3.63) is 29.3 Å². The maximum atomic E-state index is 11.9. The van der Waals surface area contributed by atoms with E-state index in [1.54, 1.807) is 19.1 Å². The number of nitrogens with one attached hydrogen (secondary N) is 1. The molecule has 0 aliphatic carbocycles. The molecule has 1 rings (SSSR count). The molecule has 86 valence electrons. The van der Waals surface area contributed by atoms with Crippen molar-refractivity contribution in [2.45, 2.75) is 11.8 Å². The number of alkyl halides is 1. The average Bonchev–Trinajstić information content (AvgIpc) is 2.27. The van der Waals surface area contributed by atoms with Crippen molar-refractivity contribution in [2.24, 2.45) is 0 Å². The zero-order valence-electron chi connectivity index (χ0n) is 8.70. The molecule has 1 N–H and O–H groups in total. The molecule has 0 amide bonds. The van der Waals surface area contributed by atoms with Crippen LogP contribution >= 0.6 is 22.6 Å². The molecule has 0 bridgehead atoms. The summed E-state index contributed by atoms with van der Waals surface area (Å²) in [6.07, 6.45) is 0. The average molecular weight is 350 g/mol. The monoisotopic (exact) mass is 350 g/mol. The Balaban J connectivity index is 3.17. The van der Waals surface area contributed by atoms with Gasteiger partial charge in [-0.1, -0.05) is 28.7 Å². The van der Waals surface area contributed by atoms with Gasteiger partial charge in [-0.05, 0) is 24.6 Å². The van der Waals surface area contributed by atoms with Crippen LogP contribution < -0.4 is 4.72 Å². The van der Waals surface area contributed by atoms with Gasteiger partial charge in [0.05, 0.1) is 16.5 Å². The lowest BCUT2D eigenvalue weighted by atomic mass is 10.2. The molecule has 1 aromatic carbocycles. The third-order valence-electron chi connectivity index (χ3n) is 1.99. The van der Waals surface area contributed by atoms with Crippen LogP contribution in [0.3, 0.4) is 0 Å². The summed E-state index contributed by atoms with van der Waals surface area (Å²) >= 11 is 2.09. The second-order valence-corrected chi connectivity index (χ2v) is 5.99. The van der Waals surface area contributed by atoms with Gasteiger partial charge in [0.25, 0.3) is 0 Å². The predicted molar refractivity (Wildman–Crippen MR) is 70.0 cm³/mol. The molecule has 0 radical (unpaired) electrons. The van der Waals surface area contributed by atoms with Gasteiger partial charge in [-0.15, -0.1) is 0 Å². The summed E-state index contributed by atoms with van der Waals surface area (Å²) in [6.45, 7) is 2.10. The number of benzene rings is 1. The highest BCUT2D eigenvalue weighted by molar-refractivity contribution is 14.1. The Bertz CT molecular complexity index is 520. The fourth-order valence-corrected chi connectivity index (χ4v) is 3.15. The van der Waals surface area contributed by atoms with Gasteiger partial charge < -0.3 is 0 Å². The lowest BCUT2D eigenvalue weighted by Crippen LogP contribution is -2.26. The van der Waals surface area contributed by atoms with Crippen molar-refractivity contribution >= 4 is 32.6 Å². The van der Waals surface area contributed by atoms with Gasteiger partial charge in [0.1, 0.15) is 0 Å². The van der Waals surface area contributed by atoms with Crippen LogP contribution in [0, 0.1) is 18.3 Å². The maximum Gasteiger partial charge on any atom is 0.240 e. The summed E-state index contributed by atoms with van der Waals surface area (Å²) in [5.41, 5.74) is 0.986. The molecule has 0 saturated carbocycles. The highest BCUT2D eigenvalue weighted by Gasteiger charge is 2.16. The van der Waals surface area contributed by atoms with E-state index in [-0.39, 0.29) is 4.90 Å². The van der Waals surface area contributed by atoms with Crippen molar-refractivity contribution in [1.82, 2.24) is 4.72 Å². The smallest absolute Gasteiger partial charge is 0.210 e. The molecule has 0 spiro atoms. The molecule has 0 fully saturated rings. The summed E-state index contributed by atoms with van der Waals surface area (Å²) in [4.78, 5) is 0.177. The Labute approximate surface area is 109 Å². The van der Waals surface area contributed by atoms with Crippen molar-refractivity contribution in [3.63, 3.8) is 0 Å². The molecular formula is C10H11IN2O2S. The summed E-state index contributed by atoms with van der Waals surface area (Å²) in [5, 5.41) is 8.73. The van der Waals surface area contributed by atoms with Crippen LogP contribution in [-0.4, -0.2) is 19.4 Å².